The van der Waals surface area contributed by atoms with Crippen molar-refractivity contribution in [2.75, 3.05) is 4.90 Å². The van der Waals surface area contributed by atoms with Crippen LogP contribution in [0.3, 0.4) is 0 Å². The molecule has 9 aromatic carbocycles. The number of rotatable bonds is 4. The van der Waals surface area contributed by atoms with Gasteiger partial charge in [0.05, 0.1) is 11.4 Å². The molecule has 10 rings (SSSR count). The van der Waals surface area contributed by atoms with Gasteiger partial charge in [0.2, 0.25) is 0 Å². The zero-order chi connectivity index (χ0) is 31.6. The molecule has 48 heavy (non-hydrogen) atoms. The first-order valence-electron chi connectivity index (χ1n) is 16.4. The molecule has 0 amide bonds. The van der Waals surface area contributed by atoms with E-state index in [1.807, 2.05) is 12.1 Å². The highest BCUT2D eigenvalue weighted by molar-refractivity contribution is 6.19. The summed E-state index contributed by atoms with van der Waals surface area (Å²) >= 11 is 0. The van der Waals surface area contributed by atoms with Crippen LogP contribution in [0, 0.1) is 0 Å². The molecule has 0 bridgehead atoms. The van der Waals surface area contributed by atoms with Gasteiger partial charge in [-0.2, -0.15) is 0 Å². The molecule has 224 valence electrons. The SMILES string of the molecule is c1ccc2c(c1)ccc1cccc(N(c3ccc(-c4ccc5oc6ccccc6c5c4)cc3)c3cccc4ccc5ccccc5c34)c12. The van der Waals surface area contributed by atoms with Gasteiger partial charge in [-0.3, -0.25) is 0 Å². The van der Waals surface area contributed by atoms with Crippen LogP contribution in [-0.4, -0.2) is 0 Å². The summed E-state index contributed by atoms with van der Waals surface area (Å²) < 4.78 is 6.12. The third-order valence-electron chi connectivity index (χ3n) is 9.81. The number of nitrogens with zero attached hydrogens (tertiary/aromatic N) is 1. The summed E-state index contributed by atoms with van der Waals surface area (Å²) in [6.07, 6.45) is 0. The molecule has 0 aliphatic rings. The zero-order valence-electron chi connectivity index (χ0n) is 26.1. The predicted octanol–water partition coefficient (Wildman–Crippen LogP) is 13.3. The van der Waals surface area contributed by atoms with Crippen molar-refractivity contribution in [1.82, 2.24) is 0 Å². The summed E-state index contributed by atoms with van der Waals surface area (Å²) in [7, 11) is 0. The summed E-state index contributed by atoms with van der Waals surface area (Å²) in [4.78, 5) is 2.46. The van der Waals surface area contributed by atoms with E-state index in [-0.39, 0.29) is 0 Å². The van der Waals surface area contributed by atoms with Crippen LogP contribution in [0.15, 0.2) is 180 Å². The predicted molar refractivity (Wildman–Crippen MR) is 204 cm³/mol. The van der Waals surface area contributed by atoms with Gasteiger partial charge < -0.3 is 9.32 Å². The fourth-order valence-electron chi connectivity index (χ4n) is 7.57. The van der Waals surface area contributed by atoms with Crippen molar-refractivity contribution in [3.8, 4) is 11.1 Å². The molecular formula is C46H29NO. The molecule has 0 radical (unpaired) electrons. The molecule has 10 aromatic rings. The Balaban J connectivity index is 1.22. The second kappa shape index (κ2) is 10.6. The van der Waals surface area contributed by atoms with Crippen LogP contribution >= 0.6 is 0 Å². The monoisotopic (exact) mass is 611 g/mol. The molecule has 0 fully saturated rings. The van der Waals surface area contributed by atoms with Crippen molar-refractivity contribution in [3.63, 3.8) is 0 Å². The average Bonchev–Trinajstić information content (AvgIpc) is 3.53. The van der Waals surface area contributed by atoms with Gasteiger partial charge in [0, 0.05) is 27.2 Å². The van der Waals surface area contributed by atoms with Gasteiger partial charge in [-0.1, -0.05) is 133 Å². The van der Waals surface area contributed by atoms with E-state index < -0.39 is 0 Å². The summed E-state index contributed by atoms with van der Waals surface area (Å²) in [6.45, 7) is 0. The molecule has 2 nitrogen and oxygen atoms in total. The molecule has 0 saturated carbocycles. The Kier molecular flexibility index (Phi) is 5.91. The maximum atomic E-state index is 6.12. The second-order valence-corrected chi connectivity index (χ2v) is 12.5. The Morgan fingerprint density at radius 3 is 1.48 bits per heavy atom. The molecule has 0 atom stereocenters. The minimum atomic E-state index is 0.911. The van der Waals surface area contributed by atoms with E-state index in [9.17, 15) is 0 Å². The Hall–Kier alpha value is -6.38. The average molecular weight is 612 g/mol. The van der Waals surface area contributed by atoms with E-state index in [2.05, 4.69) is 169 Å². The summed E-state index contributed by atoms with van der Waals surface area (Å²) in [5.74, 6) is 0. The molecule has 2 heteroatoms. The Morgan fingerprint density at radius 2 is 0.833 bits per heavy atom. The maximum Gasteiger partial charge on any atom is 0.135 e. The lowest BCUT2D eigenvalue weighted by atomic mass is 9.96. The first-order valence-corrected chi connectivity index (χ1v) is 16.4. The quantitative estimate of drug-likeness (QED) is 0.184. The molecule has 1 heterocycles. The number of hydrogen-bond acceptors (Lipinski definition) is 2. The van der Waals surface area contributed by atoms with Gasteiger partial charge in [-0.25, -0.2) is 0 Å². The van der Waals surface area contributed by atoms with Crippen LogP contribution < -0.4 is 4.90 Å². The molecule has 0 aliphatic heterocycles. The van der Waals surface area contributed by atoms with E-state index in [4.69, 9.17) is 4.42 Å². The molecule has 0 unspecified atom stereocenters. The van der Waals surface area contributed by atoms with Gasteiger partial charge in [0.1, 0.15) is 11.2 Å². The van der Waals surface area contributed by atoms with E-state index in [0.29, 0.717) is 0 Å². The molecule has 0 aliphatic carbocycles. The van der Waals surface area contributed by atoms with Crippen LogP contribution in [0.1, 0.15) is 0 Å². The van der Waals surface area contributed by atoms with Crippen molar-refractivity contribution in [2.24, 2.45) is 0 Å². The highest BCUT2D eigenvalue weighted by atomic mass is 16.3. The van der Waals surface area contributed by atoms with Crippen LogP contribution in [0.25, 0.3) is 76.2 Å². The standard InChI is InChI=1S/C46H29NO/c1-3-13-37-31(9-1)19-21-33-11-7-16-41(45(33)37)47(42-17-8-12-34-22-20-32-10-2-4-14-38(32)46(34)42)36-26-23-30(24-27-36)35-25-28-44-40(29-35)39-15-5-6-18-43(39)48-44/h1-29H. The van der Waals surface area contributed by atoms with Gasteiger partial charge >= 0.3 is 0 Å². The van der Waals surface area contributed by atoms with Crippen LogP contribution in [0.2, 0.25) is 0 Å². The Labute approximate surface area is 277 Å². The normalized spacial score (nSPS) is 11.8. The van der Waals surface area contributed by atoms with Gasteiger partial charge in [-0.05, 0) is 85.9 Å². The van der Waals surface area contributed by atoms with Crippen LogP contribution in [0.4, 0.5) is 17.1 Å². The van der Waals surface area contributed by atoms with Gasteiger partial charge in [-0.15, -0.1) is 0 Å². The first kappa shape index (κ1) is 26.8. The number of anilines is 3. The summed E-state index contributed by atoms with van der Waals surface area (Å²) in [5, 5.41) is 12.2. The van der Waals surface area contributed by atoms with E-state index >= 15 is 0 Å². The lowest BCUT2D eigenvalue weighted by molar-refractivity contribution is 0.669. The lowest BCUT2D eigenvalue weighted by Gasteiger charge is -2.29. The fourth-order valence-corrected chi connectivity index (χ4v) is 7.57. The molecule has 0 saturated heterocycles. The van der Waals surface area contributed by atoms with Crippen molar-refractivity contribution in [1.29, 1.82) is 0 Å². The largest absolute Gasteiger partial charge is 0.456 e. The molecular weight excluding hydrogens is 583 g/mol. The number of benzene rings is 9. The van der Waals surface area contributed by atoms with E-state index in [0.717, 1.165) is 44.6 Å². The van der Waals surface area contributed by atoms with Crippen molar-refractivity contribution in [2.45, 2.75) is 0 Å². The summed E-state index contributed by atoms with van der Waals surface area (Å²) in [6, 6.07) is 63.5. The lowest BCUT2D eigenvalue weighted by Crippen LogP contribution is -2.11. The smallest absolute Gasteiger partial charge is 0.135 e. The van der Waals surface area contributed by atoms with E-state index in [1.54, 1.807) is 0 Å². The Morgan fingerprint density at radius 1 is 0.333 bits per heavy atom. The van der Waals surface area contributed by atoms with Gasteiger partial charge in [0.25, 0.3) is 0 Å². The zero-order valence-corrected chi connectivity index (χ0v) is 26.1. The number of hydrogen-bond donors (Lipinski definition) is 0. The molecule has 0 N–H and O–H groups in total. The van der Waals surface area contributed by atoms with Crippen molar-refractivity contribution in [3.05, 3.63) is 176 Å². The Bertz CT molecular complexity index is 2720. The fraction of sp³-hybridized carbons (Fsp3) is 0. The summed E-state index contributed by atoms with van der Waals surface area (Å²) in [5.41, 5.74) is 7.58. The highest BCUT2D eigenvalue weighted by Gasteiger charge is 2.20. The van der Waals surface area contributed by atoms with Crippen LogP contribution in [-0.2, 0) is 0 Å². The highest BCUT2D eigenvalue weighted by Crippen LogP contribution is 2.46. The van der Waals surface area contributed by atoms with Gasteiger partial charge in [0.15, 0.2) is 0 Å². The van der Waals surface area contributed by atoms with E-state index in [1.165, 1.54) is 48.7 Å². The molecule has 0 spiro atoms. The first-order chi connectivity index (χ1) is 23.8. The number of furan rings is 1. The third-order valence-corrected chi connectivity index (χ3v) is 9.81. The second-order valence-electron chi connectivity index (χ2n) is 12.5. The van der Waals surface area contributed by atoms with Crippen molar-refractivity contribution >= 4 is 82.1 Å². The third kappa shape index (κ3) is 4.13. The number of para-hydroxylation sites is 1. The number of fused-ring (bicyclic) bond motifs is 9. The topological polar surface area (TPSA) is 16.4 Å². The molecule has 1 aromatic heterocycles. The minimum absolute atomic E-state index is 0.911. The minimum Gasteiger partial charge on any atom is -0.456 e. The van der Waals surface area contributed by atoms with Crippen molar-refractivity contribution < 1.29 is 4.42 Å². The van der Waals surface area contributed by atoms with Crippen LogP contribution in [0.5, 0.6) is 0 Å². The maximum absolute atomic E-state index is 6.12.